The molecule has 0 amide bonds. The highest BCUT2D eigenvalue weighted by molar-refractivity contribution is 7.92. The number of halogens is 2. The van der Waals surface area contributed by atoms with E-state index in [0.717, 1.165) is 31.5 Å². The molecule has 1 N–H and O–H groups in total. The van der Waals surface area contributed by atoms with Crippen molar-refractivity contribution in [2.75, 3.05) is 32.5 Å². The van der Waals surface area contributed by atoms with Crippen LogP contribution in [0.25, 0.3) is 0 Å². The van der Waals surface area contributed by atoms with Gasteiger partial charge in [-0.1, -0.05) is 59.6 Å². The number of carboxylic acid groups (broad SMARTS) is 1. The summed E-state index contributed by atoms with van der Waals surface area (Å²) in [6.45, 7) is 1.20. The van der Waals surface area contributed by atoms with Gasteiger partial charge in [0, 0.05) is 22.5 Å². The maximum Gasteiger partial charge on any atom is 0.335 e. The highest BCUT2D eigenvalue weighted by Gasteiger charge is 2.20. The Labute approximate surface area is 267 Å². The molecule has 0 aliphatic rings. The smallest absolute Gasteiger partial charge is 0.335 e. The second kappa shape index (κ2) is 15.3. The molecule has 44 heavy (non-hydrogen) atoms. The van der Waals surface area contributed by atoms with Crippen molar-refractivity contribution < 1.29 is 27.9 Å². The largest absolute Gasteiger partial charge is 0.486 e. The Kier molecular flexibility index (Phi) is 11.6. The van der Waals surface area contributed by atoms with E-state index in [-0.39, 0.29) is 22.1 Å². The summed E-state index contributed by atoms with van der Waals surface area (Å²) in [4.78, 5) is 25.6. The molecule has 230 valence electrons. The molecule has 0 aliphatic heterocycles. The molecule has 7 nitrogen and oxygen atoms in total. The normalized spacial score (nSPS) is 11.6. The first-order valence-corrected chi connectivity index (χ1v) is 16.4. The molecule has 0 aromatic heterocycles. The third kappa shape index (κ3) is 9.66. The molecule has 0 saturated heterocycles. The van der Waals surface area contributed by atoms with Crippen LogP contribution < -0.4 is 4.74 Å². The number of aromatic carboxylic acids is 1. The second-order valence-corrected chi connectivity index (χ2v) is 13.4. The molecule has 0 unspecified atom stereocenters. The van der Waals surface area contributed by atoms with Crippen molar-refractivity contribution in [2.24, 2.45) is 0 Å². The minimum absolute atomic E-state index is 0.0753. The van der Waals surface area contributed by atoms with Crippen LogP contribution in [0.2, 0.25) is 10.0 Å². The maximum absolute atomic E-state index is 12.8. The zero-order chi connectivity index (χ0) is 31.7. The Morgan fingerprint density at radius 2 is 1.36 bits per heavy atom. The van der Waals surface area contributed by atoms with Crippen LogP contribution in [0.15, 0.2) is 102 Å². The number of Topliss-reactive ketones (excluding diaryl/α,β-unsaturated/α-hetero) is 1. The Morgan fingerprint density at radius 1 is 0.818 bits per heavy atom. The van der Waals surface area contributed by atoms with Crippen LogP contribution in [0.4, 0.5) is 0 Å². The zero-order valence-electron chi connectivity index (χ0n) is 24.2. The van der Waals surface area contributed by atoms with E-state index in [2.05, 4.69) is 11.9 Å². The molecule has 0 fully saturated rings. The minimum Gasteiger partial charge on any atom is -0.486 e. The molecule has 4 rings (SSSR count). The van der Waals surface area contributed by atoms with Crippen molar-refractivity contribution >= 4 is 44.8 Å². The summed E-state index contributed by atoms with van der Waals surface area (Å²) in [5, 5.41) is 10.3. The number of carboxylic acids is 1. The van der Waals surface area contributed by atoms with Gasteiger partial charge in [0.25, 0.3) is 0 Å². The zero-order valence-corrected chi connectivity index (χ0v) is 26.5. The summed E-state index contributed by atoms with van der Waals surface area (Å²) < 4.78 is 30.9. The lowest BCUT2D eigenvalue weighted by Crippen LogP contribution is -2.26. The highest BCUT2D eigenvalue weighted by atomic mass is 35.5. The van der Waals surface area contributed by atoms with Gasteiger partial charge in [-0.15, -0.1) is 0 Å². The number of ether oxygens (including phenoxy) is 1. The van der Waals surface area contributed by atoms with Gasteiger partial charge in [-0.05, 0) is 104 Å². The van der Waals surface area contributed by atoms with Crippen molar-refractivity contribution in [3.8, 4) is 5.75 Å². The van der Waals surface area contributed by atoms with E-state index in [0.29, 0.717) is 10.0 Å². The number of sulfone groups is 1. The first-order chi connectivity index (χ1) is 21.0. The van der Waals surface area contributed by atoms with E-state index >= 15 is 0 Å². The van der Waals surface area contributed by atoms with Crippen LogP contribution in [0.5, 0.6) is 5.75 Å². The van der Waals surface area contributed by atoms with Crippen molar-refractivity contribution in [1.29, 1.82) is 0 Å². The van der Waals surface area contributed by atoms with Gasteiger partial charge in [-0.2, -0.15) is 0 Å². The summed E-state index contributed by atoms with van der Waals surface area (Å²) in [5.41, 5.74) is 3.42. The molecular weight excluding hydrogens is 621 g/mol. The van der Waals surface area contributed by atoms with Crippen LogP contribution >= 0.6 is 23.2 Å². The molecule has 0 radical (unpaired) electrons. The fourth-order valence-corrected chi connectivity index (χ4v) is 6.28. The van der Waals surface area contributed by atoms with Crippen LogP contribution in [0.3, 0.4) is 0 Å². The monoisotopic (exact) mass is 653 g/mol. The number of aryl methyl sites for hydroxylation is 1. The first kappa shape index (κ1) is 33.2. The van der Waals surface area contributed by atoms with E-state index in [1.165, 1.54) is 47.5 Å². The fourth-order valence-electron chi connectivity index (χ4n) is 4.81. The summed E-state index contributed by atoms with van der Waals surface area (Å²) in [6, 6.07) is 27.9. The summed E-state index contributed by atoms with van der Waals surface area (Å²) in [6.07, 6.45) is 1.64. The molecule has 4 aromatic carbocycles. The SMILES string of the molecule is CN(CCCc1ccc(S(=O)(=O)CC(=O)COc2ccc(C(=O)O)cc2)cc1)CC(c1ccc(Cl)cc1)c1ccc(Cl)cc1. The third-order valence-electron chi connectivity index (χ3n) is 7.18. The number of hydrogen-bond donors (Lipinski definition) is 1. The predicted octanol–water partition coefficient (Wildman–Crippen LogP) is 6.81. The Hall–Kier alpha value is -3.69. The number of carbonyl (C=O) groups is 2. The lowest BCUT2D eigenvalue weighted by molar-refractivity contribution is -0.118. The molecule has 0 bridgehead atoms. The highest BCUT2D eigenvalue weighted by Crippen LogP contribution is 2.28. The summed E-state index contributed by atoms with van der Waals surface area (Å²) in [7, 11) is -1.75. The average molecular weight is 655 g/mol. The molecule has 10 heteroatoms. The van der Waals surface area contributed by atoms with E-state index in [4.69, 9.17) is 33.0 Å². The Morgan fingerprint density at radius 3 is 1.89 bits per heavy atom. The van der Waals surface area contributed by atoms with Gasteiger partial charge < -0.3 is 14.7 Å². The van der Waals surface area contributed by atoms with E-state index in [1.807, 2.05) is 48.5 Å². The topological polar surface area (TPSA) is 101 Å². The van der Waals surface area contributed by atoms with Crippen molar-refractivity contribution in [1.82, 2.24) is 4.90 Å². The van der Waals surface area contributed by atoms with Crippen molar-refractivity contribution in [3.05, 3.63) is 129 Å². The standard InChI is InChI=1S/C34H33Cl2NO6S/c1-37(21-33(25-6-12-28(35)13-7-25)26-8-14-29(36)15-9-26)20-2-3-24-4-18-32(19-5-24)44(41,42)23-30(38)22-43-31-16-10-27(11-17-31)34(39)40/h4-19,33H,2-3,20-23H2,1H3,(H,39,40). The molecule has 4 aromatic rings. The molecule has 0 spiro atoms. The molecule has 0 aliphatic carbocycles. The number of rotatable bonds is 15. The van der Waals surface area contributed by atoms with Gasteiger partial charge in [0.1, 0.15) is 18.1 Å². The molecule has 0 saturated carbocycles. The average Bonchev–Trinajstić information content (AvgIpc) is 3.00. The summed E-state index contributed by atoms with van der Waals surface area (Å²) in [5.74, 6) is -1.95. The fraction of sp³-hybridized carbons (Fsp3) is 0.235. The molecule has 0 atom stereocenters. The maximum atomic E-state index is 12.8. The van der Waals surface area contributed by atoms with Gasteiger partial charge in [0.2, 0.25) is 0 Å². The van der Waals surface area contributed by atoms with Crippen LogP contribution in [-0.2, 0) is 21.1 Å². The van der Waals surface area contributed by atoms with Gasteiger partial charge >= 0.3 is 5.97 Å². The van der Waals surface area contributed by atoms with Crippen molar-refractivity contribution in [2.45, 2.75) is 23.7 Å². The third-order valence-corrected chi connectivity index (χ3v) is 9.38. The number of nitrogens with zero attached hydrogens (tertiary/aromatic N) is 1. The first-order valence-electron chi connectivity index (χ1n) is 14.0. The Bertz CT molecular complexity index is 1610. The quantitative estimate of drug-likeness (QED) is 0.150. The lowest BCUT2D eigenvalue weighted by Gasteiger charge is -2.25. The van der Waals surface area contributed by atoms with Gasteiger partial charge in [0.15, 0.2) is 15.6 Å². The number of benzene rings is 4. The van der Waals surface area contributed by atoms with Crippen molar-refractivity contribution in [3.63, 3.8) is 0 Å². The number of hydrogen-bond acceptors (Lipinski definition) is 6. The van der Waals surface area contributed by atoms with Gasteiger partial charge in [-0.25, -0.2) is 13.2 Å². The number of likely N-dealkylation sites (N-methyl/N-ethyl adjacent to an activating group) is 1. The van der Waals surface area contributed by atoms with E-state index in [1.54, 1.807) is 12.1 Å². The van der Waals surface area contributed by atoms with Gasteiger partial charge in [-0.3, -0.25) is 4.79 Å². The molecular formula is C34H33Cl2NO6S. The van der Waals surface area contributed by atoms with Gasteiger partial charge in [0.05, 0.1) is 10.5 Å². The van der Waals surface area contributed by atoms with Crippen LogP contribution in [0.1, 0.15) is 39.4 Å². The number of carbonyl (C=O) groups excluding carboxylic acids is 1. The molecule has 0 heterocycles. The minimum atomic E-state index is -3.84. The second-order valence-electron chi connectivity index (χ2n) is 10.6. The van der Waals surface area contributed by atoms with E-state index < -0.39 is 33.9 Å². The Balaban J connectivity index is 1.27. The lowest BCUT2D eigenvalue weighted by atomic mass is 9.91. The van der Waals surface area contributed by atoms with E-state index in [9.17, 15) is 18.0 Å². The van der Waals surface area contributed by atoms with Crippen LogP contribution in [0, 0.1) is 0 Å². The summed E-state index contributed by atoms with van der Waals surface area (Å²) >= 11 is 12.2. The predicted molar refractivity (Wildman–Crippen MR) is 173 cm³/mol. The number of ketones is 1. The van der Waals surface area contributed by atoms with Crippen LogP contribution in [-0.4, -0.2) is 62.7 Å².